The SMILES string of the molecule is CNC(=O)c1ccc(/C=C\C(N)=O)cc1. The van der Waals surface area contributed by atoms with Gasteiger partial charge in [-0.15, -0.1) is 0 Å². The van der Waals surface area contributed by atoms with Gasteiger partial charge in [0.05, 0.1) is 0 Å². The van der Waals surface area contributed by atoms with E-state index in [2.05, 4.69) is 5.32 Å². The quantitative estimate of drug-likeness (QED) is 0.705. The molecule has 0 fully saturated rings. The lowest BCUT2D eigenvalue weighted by Gasteiger charge is -1.99. The molecule has 0 spiro atoms. The third-order valence-corrected chi connectivity index (χ3v) is 1.84. The molecule has 0 atom stereocenters. The summed E-state index contributed by atoms with van der Waals surface area (Å²) in [5.74, 6) is -0.634. The smallest absolute Gasteiger partial charge is 0.251 e. The van der Waals surface area contributed by atoms with Crippen LogP contribution in [0.3, 0.4) is 0 Å². The maximum Gasteiger partial charge on any atom is 0.251 e. The van der Waals surface area contributed by atoms with Crippen molar-refractivity contribution in [3.05, 3.63) is 41.5 Å². The summed E-state index contributed by atoms with van der Waals surface area (Å²) < 4.78 is 0. The zero-order chi connectivity index (χ0) is 11.3. The zero-order valence-electron chi connectivity index (χ0n) is 8.36. The van der Waals surface area contributed by atoms with Crippen LogP contribution < -0.4 is 11.1 Å². The van der Waals surface area contributed by atoms with Gasteiger partial charge in [0.15, 0.2) is 0 Å². The summed E-state index contributed by atoms with van der Waals surface area (Å²) in [6, 6.07) is 6.84. The maximum absolute atomic E-state index is 11.2. The van der Waals surface area contributed by atoms with Crippen LogP contribution in [0.25, 0.3) is 6.08 Å². The van der Waals surface area contributed by atoms with E-state index in [1.807, 2.05) is 0 Å². The minimum absolute atomic E-state index is 0.138. The Bertz CT molecular complexity index is 394. The molecule has 0 saturated carbocycles. The van der Waals surface area contributed by atoms with E-state index < -0.39 is 5.91 Å². The van der Waals surface area contributed by atoms with E-state index in [4.69, 9.17) is 5.73 Å². The molecule has 15 heavy (non-hydrogen) atoms. The van der Waals surface area contributed by atoms with Crippen LogP contribution in [0, 0.1) is 0 Å². The lowest BCUT2D eigenvalue weighted by molar-refractivity contribution is -0.113. The van der Waals surface area contributed by atoms with E-state index in [9.17, 15) is 9.59 Å². The molecule has 0 radical (unpaired) electrons. The monoisotopic (exact) mass is 204 g/mol. The Hall–Kier alpha value is -2.10. The molecule has 0 unspecified atom stereocenters. The van der Waals surface area contributed by atoms with Crippen LogP contribution in [0.4, 0.5) is 0 Å². The molecule has 4 heteroatoms. The van der Waals surface area contributed by atoms with Gasteiger partial charge in [0.1, 0.15) is 0 Å². The number of hydrogen-bond acceptors (Lipinski definition) is 2. The summed E-state index contributed by atoms with van der Waals surface area (Å²) in [6.45, 7) is 0. The molecule has 1 rings (SSSR count). The van der Waals surface area contributed by atoms with Gasteiger partial charge >= 0.3 is 0 Å². The molecule has 0 aromatic heterocycles. The topological polar surface area (TPSA) is 72.2 Å². The molecule has 3 N–H and O–H groups in total. The van der Waals surface area contributed by atoms with Crippen molar-refractivity contribution in [1.29, 1.82) is 0 Å². The number of primary amides is 1. The van der Waals surface area contributed by atoms with Gasteiger partial charge in [-0.2, -0.15) is 0 Å². The van der Waals surface area contributed by atoms with E-state index >= 15 is 0 Å². The van der Waals surface area contributed by atoms with Crippen molar-refractivity contribution in [2.45, 2.75) is 0 Å². The summed E-state index contributed by atoms with van der Waals surface area (Å²) in [4.78, 5) is 21.7. The fourth-order valence-electron chi connectivity index (χ4n) is 1.07. The van der Waals surface area contributed by atoms with Gasteiger partial charge in [-0.3, -0.25) is 9.59 Å². The van der Waals surface area contributed by atoms with Crippen LogP contribution in [0.5, 0.6) is 0 Å². The van der Waals surface area contributed by atoms with Crippen molar-refractivity contribution in [1.82, 2.24) is 5.32 Å². The average molecular weight is 204 g/mol. The minimum Gasteiger partial charge on any atom is -0.366 e. The molecular formula is C11H12N2O2. The summed E-state index contributed by atoms with van der Waals surface area (Å²) >= 11 is 0. The minimum atomic E-state index is -0.495. The number of carbonyl (C=O) groups is 2. The highest BCUT2D eigenvalue weighted by molar-refractivity contribution is 5.94. The number of benzene rings is 1. The third-order valence-electron chi connectivity index (χ3n) is 1.84. The summed E-state index contributed by atoms with van der Waals surface area (Å²) in [7, 11) is 1.57. The summed E-state index contributed by atoms with van der Waals surface area (Å²) in [6.07, 6.45) is 2.87. The Morgan fingerprint density at radius 3 is 2.33 bits per heavy atom. The fourth-order valence-corrected chi connectivity index (χ4v) is 1.07. The first kappa shape index (κ1) is 11.0. The summed E-state index contributed by atoms with van der Waals surface area (Å²) in [5, 5.41) is 2.52. The fraction of sp³-hybridized carbons (Fsp3) is 0.0909. The molecule has 0 aliphatic heterocycles. The van der Waals surface area contributed by atoms with Crippen LogP contribution in [-0.4, -0.2) is 18.9 Å². The first-order valence-electron chi connectivity index (χ1n) is 4.43. The van der Waals surface area contributed by atoms with Gasteiger partial charge in [0.2, 0.25) is 5.91 Å². The molecule has 1 aromatic carbocycles. The Labute approximate surface area is 87.8 Å². The van der Waals surface area contributed by atoms with Gasteiger partial charge in [-0.1, -0.05) is 12.1 Å². The van der Waals surface area contributed by atoms with E-state index in [1.54, 1.807) is 37.4 Å². The lowest BCUT2D eigenvalue weighted by atomic mass is 10.1. The number of carbonyl (C=O) groups excluding carboxylic acids is 2. The molecule has 2 amide bonds. The van der Waals surface area contributed by atoms with Crippen LogP contribution >= 0.6 is 0 Å². The van der Waals surface area contributed by atoms with Crippen molar-refractivity contribution < 1.29 is 9.59 Å². The molecule has 4 nitrogen and oxygen atoms in total. The largest absolute Gasteiger partial charge is 0.366 e. The van der Waals surface area contributed by atoms with Gasteiger partial charge in [-0.05, 0) is 23.8 Å². The second-order valence-corrected chi connectivity index (χ2v) is 2.94. The van der Waals surface area contributed by atoms with Gasteiger partial charge in [0, 0.05) is 18.7 Å². The van der Waals surface area contributed by atoms with Crippen LogP contribution in [0.1, 0.15) is 15.9 Å². The highest BCUT2D eigenvalue weighted by atomic mass is 16.1. The predicted molar refractivity (Wildman–Crippen MR) is 58.1 cm³/mol. The first-order valence-corrected chi connectivity index (χ1v) is 4.43. The predicted octanol–water partition coefficient (Wildman–Crippen LogP) is 0.545. The highest BCUT2D eigenvalue weighted by Crippen LogP contribution is 2.05. The Balaban J connectivity index is 2.81. The first-order chi connectivity index (χ1) is 7.13. The van der Waals surface area contributed by atoms with Crippen molar-refractivity contribution in [2.24, 2.45) is 5.73 Å². The molecule has 1 aromatic rings. The molecule has 0 aliphatic carbocycles. The van der Waals surface area contributed by atoms with Gasteiger partial charge < -0.3 is 11.1 Å². The molecular weight excluding hydrogens is 192 g/mol. The lowest BCUT2D eigenvalue weighted by Crippen LogP contribution is -2.17. The maximum atomic E-state index is 11.2. The Kier molecular flexibility index (Phi) is 3.62. The number of amides is 2. The molecule has 0 saturated heterocycles. The van der Waals surface area contributed by atoms with Crippen LogP contribution in [-0.2, 0) is 4.79 Å². The van der Waals surface area contributed by atoms with E-state index in [1.165, 1.54) is 6.08 Å². The van der Waals surface area contributed by atoms with Gasteiger partial charge in [-0.25, -0.2) is 0 Å². The molecule has 0 heterocycles. The van der Waals surface area contributed by atoms with E-state index in [-0.39, 0.29) is 5.91 Å². The average Bonchev–Trinajstić information content (AvgIpc) is 2.26. The van der Waals surface area contributed by atoms with Crippen molar-refractivity contribution in [2.75, 3.05) is 7.05 Å². The summed E-state index contributed by atoms with van der Waals surface area (Å²) in [5.41, 5.74) is 6.35. The number of nitrogens with two attached hydrogens (primary N) is 1. The zero-order valence-corrected chi connectivity index (χ0v) is 8.36. The second kappa shape index (κ2) is 4.95. The highest BCUT2D eigenvalue weighted by Gasteiger charge is 2.00. The number of nitrogens with one attached hydrogen (secondary N) is 1. The van der Waals surface area contributed by atoms with E-state index in [0.29, 0.717) is 5.56 Å². The number of hydrogen-bond donors (Lipinski definition) is 2. The Morgan fingerprint density at radius 1 is 1.27 bits per heavy atom. The molecule has 0 aliphatic rings. The van der Waals surface area contributed by atoms with Crippen molar-refractivity contribution in [3.8, 4) is 0 Å². The van der Waals surface area contributed by atoms with E-state index in [0.717, 1.165) is 5.56 Å². The Morgan fingerprint density at radius 2 is 1.87 bits per heavy atom. The normalized spacial score (nSPS) is 10.2. The van der Waals surface area contributed by atoms with Crippen molar-refractivity contribution >= 4 is 17.9 Å². The second-order valence-electron chi connectivity index (χ2n) is 2.94. The van der Waals surface area contributed by atoms with Gasteiger partial charge in [0.25, 0.3) is 5.91 Å². The van der Waals surface area contributed by atoms with Crippen molar-refractivity contribution in [3.63, 3.8) is 0 Å². The number of rotatable bonds is 3. The van der Waals surface area contributed by atoms with Crippen LogP contribution in [0.15, 0.2) is 30.3 Å². The molecule has 0 bridgehead atoms. The molecule has 78 valence electrons. The van der Waals surface area contributed by atoms with Crippen LogP contribution in [0.2, 0.25) is 0 Å². The standard InChI is InChI=1S/C11H12N2O2/c1-13-11(15)9-5-2-8(3-6-9)4-7-10(12)14/h2-7H,1H3,(H2,12,14)(H,13,15)/b7-4-. The third kappa shape index (κ3) is 3.27.